The summed E-state index contributed by atoms with van der Waals surface area (Å²) in [6.07, 6.45) is 6.43. The Morgan fingerprint density at radius 2 is 1.85 bits per heavy atom. The normalized spacial score (nSPS) is 26.2. The molecule has 3 N–H and O–H groups in total. The van der Waals surface area contributed by atoms with Gasteiger partial charge in [0.05, 0.1) is 11.7 Å². The fourth-order valence-electron chi connectivity index (χ4n) is 7.39. The lowest BCUT2D eigenvalue weighted by molar-refractivity contribution is 0.0195. The predicted octanol–water partition coefficient (Wildman–Crippen LogP) is 4.20. The van der Waals surface area contributed by atoms with Crippen molar-refractivity contribution in [3.63, 3.8) is 0 Å². The second kappa shape index (κ2) is 9.68. The van der Waals surface area contributed by atoms with Gasteiger partial charge < -0.3 is 29.9 Å². The van der Waals surface area contributed by atoms with Crippen LogP contribution in [-0.4, -0.2) is 60.1 Å². The van der Waals surface area contributed by atoms with Crippen LogP contribution in [0.25, 0.3) is 11.1 Å². The number of likely N-dealkylation sites (tertiary alicyclic amines) is 1. The van der Waals surface area contributed by atoms with Gasteiger partial charge in [-0.25, -0.2) is 0 Å². The molecule has 0 aromatic heterocycles. The molecule has 0 radical (unpaired) electrons. The second-order valence-electron chi connectivity index (χ2n) is 11.6. The number of amides is 1. The van der Waals surface area contributed by atoms with Crippen LogP contribution in [0.15, 0.2) is 66.7 Å². The summed E-state index contributed by atoms with van der Waals surface area (Å²) in [5, 5.41) is 25.1. The standard InChI is InChI=1S/C33H34N2O5/c1-35-15-13-33-18-24(36)8-10-26(33)27(35)16-23-6-9-25(31(37)30(23)33)32(38)34-14-12-20-2-4-21(5-3-20)22-7-11-28-29(17-22)40-19-39-28/h2-11,17,24,26-27,36-37H,12-16,18-19H2,1H3,(H,34,38)/t24-,26-,27?,33-/m0/s1. The van der Waals surface area contributed by atoms with Gasteiger partial charge in [-0.1, -0.05) is 48.6 Å². The number of carbonyl (C=O) groups excluding carboxylic acids is 1. The zero-order valence-corrected chi connectivity index (χ0v) is 22.6. The maximum absolute atomic E-state index is 13.3. The molecule has 3 aromatic carbocycles. The van der Waals surface area contributed by atoms with Gasteiger partial charge in [-0.15, -0.1) is 0 Å². The first-order chi connectivity index (χ1) is 19.4. The summed E-state index contributed by atoms with van der Waals surface area (Å²) in [5.41, 5.74) is 5.18. The number of likely N-dealkylation sites (N-methyl/N-ethyl adjacent to an activating group) is 1. The summed E-state index contributed by atoms with van der Waals surface area (Å²) in [6.45, 7) is 1.62. The fourth-order valence-corrected chi connectivity index (χ4v) is 7.39. The summed E-state index contributed by atoms with van der Waals surface area (Å²) >= 11 is 0. The minimum atomic E-state index is -0.542. The number of nitrogens with zero attached hydrogens (tertiary/aromatic N) is 1. The monoisotopic (exact) mass is 538 g/mol. The van der Waals surface area contributed by atoms with E-state index in [2.05, 4.69) is 47.6 Å². The molecule has 0 saturated carbocycles. The summed E-state index contributed by atoms with van der Waals surface area (Å²) in [6, 6.07) is 18.3. The second-order valence-corrected chi connectivity index (χ2v) is 11.6. The van der Waals surface area contributed by atoms with Crippen molar-refractivity contribution in [2.45, 2.75) is 43.2 Å². The van der Waals surface area contributed by atoms with Crippen LogP contribution in [0.4, 0.5) is 0 Å². The van der Waals surface area contributed by atoms with Crippen molar-refractivity contribution in [2.75, 3.05) is 26.9 Å². The number of ether oxygens (including phenoxy) is 2. The van der Waals surface area contributed by atoms with Crippen LogP contribution in [0.1, 0.15) is 39.9 Å². The third-order valence-corrected chi connectivity index (χ3v) is 9.44. The summed E-state index contributed by atoms with van der Waals surface area (Å²) < 4.78 is 10.9. The number of fused-ring (bicyclic) bond motifs is 2. The summed E-state index contributed by atoms with van der Waals surface area (Å²) in [5.74, 6) is 1.55. The molecule has 40 heavy (non-hydrogen) atoms. The average Bonchev–Trinajstić information content (AvgIpc) is 3.43. The number of piperidine rings is 1. The largest absolute Gasteiger partial charge is 0.507 e. The summed E-state index contributed by atoms with van der Waals surface area (Å²) in [4.78, 5) is 15.7. The number of carbonyl (C=O) groups is 1. The SMILES string of the molecule is CN1CC[C@]23C[C@@H](O)C=C[C@H]2C1Cc1ccc(C(=O)NCCc2ccc(-c4ccc5c(c4)OCO5)cc2)c(O)c13. The molecule has 2 heterocycles. The highest BCUT2D eigenvalue weighted by molar-refractivity contribution is 5.97. The maximum atomic E-state index is 13.3. The van der Waals surface area contributed by atoms with E-state index in [-0.39, 0.29) is 29.8 Å². The van der Waals surface area contributed by atoms with Gasteiger partial charge in [0.25, 0.3) is 5.91 Å². The van der Waals surface area contributed by atoms with Crippen molar-refractivity contribution < 1.29 is 24.5 Å². The van der Waals surface area contributed by atoms with E-state index in [1.807, 2.05) is 30.3 Å². The Balaban J connectivity index is 1.06. The average molecular weight is 539 g/mol. The van der Waals surface area contributed by atoms with E-state index in [0.29, 0.717) is 31.0 Å². The Labute approximate surface area is 234 Å². The molecule has 7 nitrogen and oxygen atoms in total. The zero-order chi connectivity index (χ0) is 27.4. The first kappa shape index (κ1) is 25.2. The highest BCUT2D eigenvalue weighted by Crippen LogP contribution is 2.56. The van der Waals surface area contributed by atoms with Gasteiger partial charge in [-0.3, -0.25) is 4.79 Å². The molecule has 1 saturated heterocycles. The van der Waals surface area contributed by atoms with Crippen LogP contribution in [0.5, 0.6) is 17.2 Å². The van der Waals surface area contributed by atoms with E-state index < -0.39 is 6.10 Å². The van der Waals surface area contributed by atoms with Gasteiger partial charge in [0.1, 0.15) is 5.75 Å². The van der Waals surface area contributed by atoms with Crippen molar-refractivity contribution in [1.82, 2.24) is 10.2 Å². The lowest BCUT2D eigenvalue weighted by Gasteiger charge is -2.57. The number of phenols is 1. The number of hydrogen-bond acceptors (Lipinski definition) is 6. The Hall–Kier alpha value is -3.81. The van der Waals surface area contributed by atoms with Gasteiger partial charge in [-0.05, 0) is 79.7 Å². The molecule has 3 aromatic rings. The van der Waals surface area contributed by atoms with E-state index in [0.717, 1.165) is 58.7 Å². The molecular formula is C33H34N2O5. The molecule has 1 unspecified atom stereocenters. The van der Waals surface area contributed by atoms with Crippen molar-refractivity contribution in [1.29, 1.82) is 0 Å². The Bertz CT molecular complexity index is 1500. The highest BCUT2D eigenvalue weighted by Gasteiger charge is 2.54. The topological polar surface area (TPSA) is 91.3 Å². The molecule has 1 amide bonds. The number of nitrogens with one attached hydrogen (secondary N) is 1. The molecule has 2 aliphatic carbocycles. The van der Waals surface area contributed by atoms with Crippen LogP contribution in [-0.2, 0) is 18.3 Å². The van der Waals surface area contributed by atoms with Crippen LogP contribution in [0, 0.1) is 5.92 Å². The number of benzene rings is 3. The fraction of sp³-hybridized carbons (Fsp3) is 0.364. The van der Waals surface area contributed by atoms with E-state index in [1.54, 1.807) is 6.07 Å². The molecule has 4 aliphatic rings. The van der Waals surface area contributed by atoms with Crippen LogP contribution in [0.3, 0.4) is 0 Å². The number of aliphatic hydroxyl groups excluding tert-OH is 1. The number of aliphatic hydroxyl groups is 1. The quantitative estimate of drug-likeness (QED) is 0.422. The van der Waals surface area contributed by atoms with Gasteiger partial charge in [0.2, 0.25) is 6.79 Å². The van der Waals surface area contributed by atoms with Crippen molar-refractivity contribution in [2.24, 2.45) is 5.92 Å². The molecule has 206 valence electrons. The third kappa shape index (κ3) is 4.07. The van der Waals surface area contributed by atoms with Gasteiger partial charge in [0, 0.05) is 29.5 Å². The number of aromatic hydroxyl groups is 1. The van der Waals surface area contributed by atoms with Gasteiger partial charge >= 0.3 is 0 Å². The Kier molecular flexibility index (Phi) is 6.09. The van der Waals surface area contributed by atoms with Crippen molar-refractivity contribution in [3.8, 4) is 28.4 Å². The van der Waals surface area contributed by atoms with Crippen LogP contribution < -0.4 is 14.8 Å². The first-order valence-electron chi connectivity index (χ1n) is 14.1. The Morgan fingerprint density at radius 3 is 2.70 bits per heavy atom. The number of rotatable bonds is 5. The third-order valence-electron chi connectivity index (χ3n) is 9.44. The maximum Gasteiger partial charge on any atom is 0.255 e. The van der Waals surface area contributed by atoms with Crippen LogP contribution >= 0.6 is 0 Å². The minimum Gasteiger partial charge on any atom is -0.507 e. The van der Waals surface area contributed by atoms with E-state index in [1.165, 1.54) is 0 Å². The first-order valence-corrected chi connectivity index (χ1v) is 14.1. The molecule has 2 bridgehead atoms. The van der Waals surface area contributed by atoms with Crippen molar-refractivity contribution >= 4 is 5.91 Å². The molecule has 2 aliphatic heterocycles. The highest BCUT2D eigenvalue weighted by atomic mass is 16.7. The molecule has 7 heteroatoms. The van der Waals surface area contributed by atoms with E-state index in [9.17, 15) is 15.0 Å². The van der Waals surface area contributed by atoms with Crippen LogP contribution in [0.2, 0.25) is 0 Å². The molecule has 4 atom stereocenters. The molecule has 1 fully saturated rings. The Morgan fingerprint density at radius 1 is 1.05 bits per heavy atom. The minimum absolute atomic E-state index is 0.0820. The van der Waals surface area contributed by atoms with Gasteiger partial charge in [-0.2, -0.15) is 0 Å². The number of phenolic OH excluding ortho intramolecular Hbond substituents is 1. The van der Waals surface area contributed by atoms with Gasteiger partial charge in [0.15, 0.2) is 11.5 Å². The zero-order valence-electron chi connectivity index (χ0n) is 22.6. The molecular weight excluding hydrogens is 504 g/mol. The van der Waals surface area contributed by atoms with Crippen molar-refractivity contribution in [3.05, 3.63) is 89.0 Å². The molecule has 0 spiro atoms. The lowest BCUT2D eigenvalue weighted by Crippen LogP contribution is -2.60. The lowest BCUT2D eigenvalue weighted by atomic mass is 9.53. The molecule has 7 rings (SSSR count). The summed E-state index contributed by atoms with van der Waals surface area (Å²) in [7, 11) is 2.16. The van der Waals surface area contributed by atoms with E-state index in [4.69, 9.17) is 9.47 Å². The predicted molar refractivity (Wildman–Crippen MR) is 152 cm³/mol. The van der Waals surface area contributed by atoms with E-state index >= 15 is 0 Å². The smallest absolute Gasteiger partial charge is 0.255 e. The number of hydrogen-bond donors (Lipinski definition) is 3.